The van der Waals surface area contributed by atoms with Crippen LogP contribution in [0.5, 0.6) is 0 Å². The standard InChI is InChI=1S/C10H18O2/c1-9-4-3-7(5-8(9)12)10(9,2)6-11/h7-8,11-12H,3-6H2,1-2H3/t7-,8+,9-,10?/m1/s1. The van der Waals surface area contributed by atoms with Gasteiger partial charge in [0.2, 0.25) is 0 Å². The van der Waals surface area contributed by atoms with Crippen molar-refractivity contribution in [1.29, 1.82) is 0 Å². The van der Waals surface area contributed by atoms with Gasteiger partial charge in [-0.1, -0.05) is 13.8 Å². The van der Waals surface area contributed by atoms with E-state index in [1.807, 2.05) is 0 Å². The van der Waals surface area contributed by atoms with E-state index in [1.54, 1.807) is 0 Å². The molecule has 2 fully saturated rings. The van der Waals surface area contributed by atoms with E-state index in [0.717, 1.165) is 12.8 Å². The summed E-state index contributed by atoms with van der Waals surface area (Å²) in [6.07, 6.45) is 2.97. The van der Waals surface area contributed by atoms with Crippen LogP contribution in [0.15, 0.2) is 0 Å². The molecule has 0 amide bonds. The normalized spacial score (nSPS) is 58.0. The molecule has 2 N–H and O–H groups in total. The number of fused-ring (bicyclic) bond motifs is 2. The zero-order chi connectivity index (χ0) is 8.98. The van der Waals surface area contributed by atoms with Crippen LogP contribution in [-0.2, 0) is 0 Å². The molecule has 0 aromatic rings. The van der Waals surface area contributed by atoms with E-state index >= 15 is 0 Å². The molecule has 2 heteroatoms. The molecule has 2 saturated carbocycles. The Bertz CT molecular complexity index is 202. The Morgan fingerprint density at radius 2 is 2.08 bits per heavy atom. The van der Waals surface area contributed by atoms with Gasteiger partial charge in [0.15, 0.2) is 0 Å². The number of rotatable bonds is 1. The highest BCUT2D eigenvalue weighted by molar-refractivity contribution is 5.12. The van der Waals surface area contributed by atoms with Crippen LogP contribution in [0.4, 0.5) is 0 Å². The molecule has 0 spiro atoms. The van der Waals surface area contributed by atoms with Crippen molar-refractivity contribution in [3.63, 3.8) is 0 Å². The summed E-state index contributed by atoms with van der Waals surface area (Å²) >= 11 is 0. The molecule has 0 aliphatic heterocycles. The summed E-state index contributed by atoms with van der Waals surface area (Å²) in [6.45, 7) is 4.48. The number of aliphatic hydroxyl groups is 2. The van der Waals surface area contributed by atoms with Crippen LogP contribution in [0.3, 0.4) is 0 Å². The molecular formula is C10H18O2. The quantitative estimate of drug-likeness (QED) is 0.620. The first-order valence-electron chi connectivity index (χ1n) is 4.83. The Morgan fingerprint density at radius 1 is 1.42 bits per heavy atom. The van der Waals surface area contributed by atoms with Gasteiger partial charge in [-0.2, -0.15) is 0 Å². The summed E-state index contributed by atoms with van der Waals surface area (Å²) in [4.78, 5) is 0. The van der Waals surface area contributed by atoms with Crippen molar-refractivity contribution < 1.29 is 10.2 Å². The van der Waals surface area contributed by atoms with Crippen LogP contribution in [0.25, 0.3) is 0 Å². The zero-order valence-corrected chi connectivity index (χ0v) is 7.88. The lowest BCUT2D eigenvalue weighted by Crippen LogP contribution is -2.39. The first kappa shape index (κ1) is 8.52. The average Bonchev–Trinajstić information content (AvgIpc) is 2.39. The molecule has 0 aromatic heterocycles. The van der Waals surface area contributed by atoms with Crippen LogP contribution in [0.2, 0.25) is 0 Å². The third-order valence-electron chi connectivity index (χ3n) is 4.79. The van der Waals surface area contributed by atoms with Gasteiger partial charge in [-0.05, 0) is 25.2 Å². The van der Waals surface area contributed by atoms with E-state index in [2.05, 4.69) is 13.8 Å². The van der Waals surface area contributed by atoms with E-state index in [-0.39, 0.29) is 23.5 Å². The van der Waals surface area contributed by atoms with Crippen molar-refractivity contribution in [2.75, 3.05) is 6.61 Å². The minimum atomic E-state index is -0.187. The molecule has 0 radical (unpaired) electrons. The SMILES string of the molecule is CC1(CO)[C@@H]2CC[C@]1(C)[C@@H](O)C2. The maximum Gasteiger partial charge on any atom is 0.0602 e. The highest BCUT2D eigenvalue weighted by atomic mass is 16.3. The van der Waals surface area contributed by atoms with Crippen molar-refractivity contribution in [3.8, 4) is 0 Å². The predicted molar refractivity (Wildman–Crippen MR) is 46.6 cm³/mol. The van der Waals surface area contributed by atoms with Crippen molar-refractivity contribution >= 4 is 0 Å². The molecule has 12 heavy (non-hydrogen) atoms. The highest BCUT2D eigenvalue weighted by Crippen LogP contribution is 2.65. The van der Waals surface area contributed by atoms with Gasteiger partial charge in [0, 0.05) is 17.4 Å². The van der Waals surface area contributed by atoms with E-state index in [4.69, 9.17) is 0 Å². The second-order valence-electron chi connectivity index (χ2n) is 4.98. The fourth-order valence-corrected chi connectivity index (χ4v) is 3.31. The lowest BCUT2D eigenvalue weighted by molar-refractivity contribution is -0.0213. The zero-order valence-electron chi connectivity index (χ0n) is 7.88. The van der Waals surface area contributed by atoms with E-state index in [1.165, 1.54) is 6.42 Å². The Balaban J connectivity index is 2.38. The van der Waals surface area contributed by atoms with Gasteiger partial charge >= 0.3 is 0 Å². The Labute approximate surface area is 73.6 Å². The summed E-state index contributed by atoms with van der Waals surface area (Å²) in [5, 5.41) is 19.2. The molecule has 0 heterocycles. The first-order valence-corrected chi connectivity index (χ1v) is 4.83. The van der Waals surface area contributed by atoms with Gasteiger partial charge in [0.25, 0.3) is 0 Å². The summed E-state index contributed by atoms with van der Waals surface area (Å²) in [5.74, 6) is 0.544. The van der Waals surface area contributed by atoms with Crippen LogP contribution in [0, 0.1) is 16.7 Å². The fraction of sp³-hybridized carbons (Fsp3) is 1.00. The number of aliphatic hydroxyl groups excluding tert-OH is 2. The molecule has 70 valence electrons. The van der Waals surface area contributed by atoms with E-state index in [9.17, 15) is 10.2 Å². The van der Waals surface area contributed by atoms with Crippen LogP contribution < -0.4 is 0 Å². The second kappa shape index (κ2) is 2.24. The topological polar surface area (TPSA) is 40.5 Å². The van der Waals surface area contributed by atoms with Gasteiger partial charge in [0.05, 0.1) is 6.10 Å². The van der Waals surface area contributed by atoms with Gasteiger partial charge in [0.1, 0.15) is 0 Å². The lowest BCUT2D eigenvalue weighted by Gasteiger charge is -2.38. The minimum Gasteiger partial charge on any atom is -0.396 e. The maximum absolute atomic E-state index is 9.83. The molecule has 1 unspecified atom stereocenters. The van der Waals surface area contributed by atoms with Gasteiger partial charge in [-0.3, -0.25) is 0 Å². The van der Waals surface area contributed by atoms with Crippen molar-refractivity contribution in [3.05, 3.63) is 0 Å². The molecule has 2 bridgehead atoms. The van der Waals surface area contributed by atoms with Gasteiger partial charge < -0.3 is 10.2 Å². The fourth-order valence-electron chi connectivity index (χ4n) is 3.31. The predicted octanol–water partition coefficient (Wildman–Crippen LogP) is 1.17. The van der Waals surface area contributed by atoms with Crippen LogP contribution in [-0.4, -0.2) is 22.9 Å². The molecule has 2 nitrogen and oxygen atoms in total. The van der Waals surface area contributed by atoms with Crippen LogP contribution >= 0.6 is 0 Å². The molecule has 2 aliphatic carbocycles. The average molecular weight is 170 g/mol. The monoisotopic (exact) mass is 170 g/mol. The van der Waals surface area contributed by atoms with Crippen molar-refractivity contribution in [2.24, 2.45) is 16.7 Å². The molecule has 2 aliphatic rings. The number of hydrogen-bond donors (Lipinski definition) is 2. The Morgan fingerprint density at radius 3 is 2.33 bits per heavy atom. The van der Waals surface area contributed by atoms with E-state index in [0.29, 0.717) is 5.92 Å². The Hall–Kier alpha value is -0.0800. The maximum atomic E-state index is 9.83. The summed E-state index contributed by atoms with van der Waals surface area (Å²) in [6, 6.07) is 0. The molecule has 0 saturated heterocycles. The molecule has 4 atom stereocenters. The van der Waals surface area contributed by atoms with Crippen LogP contribution in [0.1, 0.15) is 33.1 Å². The summed E-state index contributed by atoms with van der Waals surface area (Å²) in [5.41, 5.74) is -0.0428. The second-order valence-corrected chi connectivity index (χ2v) is 4.98. The lowest BCUT2D eigenvalue weighted by atomic mass is 9.69. The van der Waals surface area contributed by atoms with Crippen molar-refractivity contribution in [2.45, 2.75) is 39.2 Å². The third-order valence-corrected chi connectivity index (χ3v) is 4.79. The molecular weight excluding hydrogens is 152 g/mol. The number of hydrogen-bond acceptors (Lipinski definition) is 2. The smallest absolute Gasteiger partial charge is 0.0602 e. The summed E-state index contributed by atoms with van der Waals surface area (Å²) < 4.78 is 0. The van der Waals surface area contributed by atoms with Gasteiger partial charge in [-0.25, -0.2) is 0 Å². The minimum absolute atomic E-state index is 0.0214. The summed E-state index contributed by atoms with van der Waals surface area (Å²) in [7, 11) is 0. The largest absolute Gasteiger partial charge is 0.396 e. The van der Waals surface area contributed by atoms with Gasteiger partial charge in [-0.15, -0.1) is 0 Å². The van der Waals surface area contributed by atoms with E-state index < -0.39 is 0 Å². The molecule has 2 rings (SSSR count). The Kier molecular flexibility index (Phi) is 1.59. The van der Waals surface area contributed by atoms with Crippen molar-refractivity contribution in [1.82, 2.24) is 0 Å². The molecule has 0 aromatic carbocycles. The highest BCUT2D eigenvalue weighted by Gasteiger charge is 2.63. The first-order chi connectivity index (χ1) is 5.54. The third kappa shape index (κ3) is 0.686.